The molecule has 1 aliphatic heterocycles. The number of carbonyl (C=O) groups is 1. The average molecular weight is 391 g/mol. The van der Waals surface area contributed by atoms with Crippen LogP contribution in [0.15, 0.2) is 59.0 Å². The lowest BCUT2D eigenvalue weighted by molar-refractivity contribution is 0.187. The summed E-state index contributed by atoms with van der Waals surface area (Å²) in [4.78, 5) is 12.0. The standard InChI is InChI=1S/C18H19ClN4O2S/c1-25-18(24)21-14-9-7-13(8-10-14)17-22-16(23-26(17)19)15(20)11-12-5-3-2-4-6-12/h2-10,15H,11,20H2,1H3,(H,21,24)(H,22,23). The second-order valence-electron chi connectivity index (χ2n) is 5.66. The number of anilines is 1. The highest BCUT2D eigenvalue weighted by Gasteiger charge is 2.22. The van der Waals surface area contributed by atoms with Crippen molar-refractivity contribution in [3.63, 3.8) is 0 Å². The zero-order chi connectivity index (χ0) is 18.5. The fourth-order valence-electron chi connectivity index (χ4n) is 2.48. The Balaban J connectivity index is 1.66. The zero-order valence-corrected chi connectivity index (χ0v) is 15.7. The summed E-state index contributed by atoms with van der Waals surface area (Å²) in [6.45, 7) is 0. The van der Waals surface area contributed by atoms with E-state index in [1.54, 1.807) is 12.1 Å². The molecule has 2 aromatic carbocycles. The number of benzene rings is 2. The number of rotatable bonds is 5. The van der Waals surface area contributed by atoms with Gasteiger partial charge in [0, 0.05) is 21.1 Å². The van der Waals surface area contributed by atoms with Gasteiger partial charge in [-0.25, -0.2) is 4.79 Å². The van der Waals surface area contributed by atoms with E-state index < -0.39 is 16.0 Å². The highest BCUT2D eigenvalue weighted by molar-refractivity contribution is 8.34. The fourth-order valence-corrected chi connectivity index (χ4v) is 4.05. The number of amides is 1. The molecule has 0 fully saturated rings. The molecule has 2 atom stereocenters. The summed E-state index contributed by atoms with van der Waals surface area (Å²) >= 11 is 0. The van der Waals surface area contributed by atoms with E-state index in [1.807, 2.05) is 42.5 Å². The summed E-state index contributed by atoms with van der Waals surface area (Å²) in [5, 5.41) is 5.86. The van der Waals surface area contributed by atoms with Gasteiger partial charge in [-0.15, -0.1) is 0 Å². The lowest BCUT2D eigenvalue weighted by atomic mass is 10.1. The quantitative estimate of drug-likeness (QED) is 0.684. The predicted molar refractivity (Wildman–Crippen MR) is 109 cm³/mol. The fraction of sp³-hybridized carbons (Fsp3) is 0.167. The van der Waals surface area contributed by atoms with Crippen LogP contribution in [0.3, 0.4) is 0 Å². The van der Waals surface area contributed by atoms with Crippen LogP contribution in [-0.4, -0.2) is 30.1 Å². The van der Waals surface area contributed by atoms with Crippen LogP contribution in [-0.2, 0) is 11.2 Å². The number of ether oxygens (including phenoxy) is 1. The van der Waals surface area contributed by atoms with Crippen LogP contribution in [0, 0.1) is 0 Å². The molecule has 1 amide bonds. The SMILES string of the molecule is COC(=O)Nc1ccc(C2=S(Cl)N=C(C(N)Cc3ccccc3)N2)cc1. The Morgan fingerprint density at radius 2 is 1.96 bits per heavy atom. The second kappa shape index (κ2) is 8.35. The first kappa shape index (κ1) is 18.4. The van der Waals surface area contributed by atoms with Crippen molar-refractivity contribution in [2.24, 2.45) is 10.1 Å². The molecule has 1 heterocycles. The smallest absolute Gasteiger partial charge is 0.411 e. The molecule has 0 saturated carbocycles. The van der Waals surface area contributed by atoms with Crippen LogP contribution >= 0.6 is 20.6 Å². The van der Waals surface area contributed by atoms with Crippen LogP contribution in [0.2, 0.25) is 0 Å². The number of methoxy groups -OCH3 is 1. The van der Waals surface area contributed by atoms with E-state index in [2.05, 4.69) is 19.8 Å². The van der Waals surface area contributed by atoms with Crippen LogP contribution in [0.25, 0.3) is 0 Å². The third kappa shape index (κ3) is 4.43. The number of hydrogen-bond acceptors (Lipinski definition) is 5. The number of nitrogens with zero attached hydrogens (tertiary/aromatic N) is 1. The summed E-state index contributed by atoms with van der Waals surface area (Å²) in [5.74, 6) is 0.680. The minimum atomic E-state index is -0.816. The Bertz CT molecular complexity index is 853. The summed E-state index contributed by atoms with van der Waals surface area (Å²) < 4.78 is 9.04. The Hall–Kier alpha value is -2.35. The first-order valence-electron chi connectivity index (χ1n) is 7.95. The van der Waals surface area contributed by atoms with Crippen LogP contribution in [0.4, 0.5) is 10.5 Å². The van der Waals surface area contributed by atoms with E-state index in [0.29, 0.717) is 17.9 Å². The molecule has 8 heteroatoms. The van der Waals surface area contributed by atoms with Gasteiger partial charge in [-0.3, -0.25) is 5.32 Å². The molecule has 1 aliphatic rings. The predicted octanol–water partition coefficient (Wildman–Crippen LogP) is 3.25. The van der Waals surface area contributed by atoms with Crippen LogP contribution < -0.4 is 16.4 Å². The molecule has 0 aromatic heterocycles. The molecular weight excluding hydrogens is 372 g/mol. The van der Waals surface area contributed by atoms with E-state index in [1.165, 1.54) is 7.11 Å². The van der Waals surface area contributed by atoms with Crippen molar-refractivity contribution >= 4 is 43.2 Å². The number of hydrogen-bond donors (Lipinski definition) is 3. The lowest BCUT2D eigenvalue weighted by Gasteiger charge is -2.14. The van der Waals surface area contributed by atoms with Crippen molar-refractivity contribution in [1.29, 1.82) is 0 Å². The molecule has 0 radical (unpaired) electrons. The van der Waals surface area contributed by atoms with Gasteiger partial charge in [0.05, 0.1) is 13.2 Å². The van der Waals surface area contributed by atoms with E-state index in [0.717, 1.165) is 16.1 Å². The van der Waals surface area contributed by atoms with Gasteiger partial charge in [0.2, 0.25) is 0 Å². The monoisotopic (exact) mass is 390 g/mol. The van der Waals surface area contributed by atoms with Crippen molar-refractivity contribution in [1.82, 2.24) is 5.32 Å². The Labute approximate surface area is 159 Å². The molecule has 3 rings (SSSR count). The van der Waals surface area contributed by atoms with Gasteiger partial charge in [-0.2, -0.15) is 4.40 Å². The molecule has 2 unspecified atom stereocenters. The molecule has 136 valence electrons. The zero-order valence-electron chi connectivity index (χ0n) is 14.1. The molecule has 4 N–H and O–H groups in total. The molecule has 0 bridgehead atoms. The highest BCUT2D eigenvalue weighted by Crippen LogP contribution is 2.30. The number of carbonyl (C=O) groups excluding carboxylic acids is 1. The van der Waals surface area contributed by atoms with Crippen LogP contribution in [0.5, 0.6) is 0 Å². The second-order valence-corrected chi connectivity index (χ2v) is 7.60. The third-order valence-corrected chi connectivity index (χ3v) is 5.52. The molecule has 6 nitrogen and oxygen atoms in total. The molecule has 26 heavy (non-hydrogen) atoms. The average Bonchev–Trinajstić information content (AvgIpc) is 3.05. The van der Waals surface area contributed by atoms with Gasteiger partial charge in [0.15, 0.2) is 0 Å². The number of nitrogens with two attached hydrogens (primary N) is 1. The molecule has 0 spiro atoms. The van der Waals surface area contributed by atoms with Gasteiger partial charge in [-0.1, -0.05) is 42.5 Å². The first-order valence-corrected chi connectivity index (χ1v) is 9.95. The molecule has 0 aliphatic carbocycles. The Kier molecular flexibility index (Phi) is 5.92. The lowest BCUT2D eigenvalue weighted by Crippen LogP contribution is -2.42. The number of amidine groups is 1. The minimum Gasteiger partial charge on any atom is -0.453 e. The maximum absolute atomic E-state index is 11.2. The van der Waals surface area contributed by atoms with Crippen molar-refractivity contribution in [3.8, 4) is 0 Å². The topological polar surface area (TPSA) is 88.7 Å². The summed E-state index contributed by atoms with van der Waals surface area (Å²) in [6.07, 6.45) is 0.162. The minimum absolute atomic E-state index is 0.260. The van der Waals surface area contributed by atoms with Crippen molar-refractivity contribution in [2.45, 2.75) is 12.5 Å². The highest BCUT2D eigenvalue weighted by atomic mass is 35.7. The molecular formula is C18H19ClN4O2S. The van der Waals surface area contributed by atoms with E-state index in [9.17, 15) is 4.79 Å². The van der Waals surface area contributed by atoms with Crippen molar-refractivity contribution in [3.05, 3.63) is 65.7 Å². The summed E-state index contributed by atoms with van der Waals surface area (Å²) in [7, 11) is 6.90. The molecule has 2 aromatic rings. The van der Waals surface area contributed by atoms with Crippen molar-refractivity contribution in [2.75, 3.05) is 12.4 Å². The Morgan fingerprint density at radius 1 is 1.27 bits per heavy atom. The van der Waals surface area contributed by atoms with Crippen molar-refractivity contribution < 1.29 is 9.53 Å². The first-order chi connectivity index (χ1) is 12.6. The van der Waals surface area contributed by atoms with Gasteiger partial charge < -0.3 is 15.8 Å². The largest absolute Gasteiger partial charge is 0.453 e. The number of nitrogens with one attached hydrogen (secondary N) is 2. The van der Waals surface area contributed by atoms with Gasteiger partial charge in [0.25, 0.3) is 0 Å². The Morgan fingerprint density at radius 3 is 2.62 bits per heavy atom. The van der Waals surface area contributed by atoms with E-state index >= 15 is 0 Å². The summed E-state index contributed by atoms with van der Waals surface area (Å²) in [6, 6.07) is 17.0. The maximum atomic E-state index is 11.2. The molecule has 0 saturated heterocycles. The van der Waals surface area contributed by atoms with Crippen LogP contribution in [0.1, 0.15) is 11.1 Å². The van der Waals surface area contributed by atoms with E-state index in [4.69, 9.17) is 16.4 Å². The van der Waals surface area contributed by atoms with Gasteiger partial charge in [-0.05, 0) is 34.8 Å². The van der Waals surface area contributed by atoms with Gasteiger partial charge >= 0.3 is 6.09 Å². The van der Waals surface area contributed by atoms with E-state index in [-0.39, 0.29) is 6.04 Å². The normalized spacial score (nSPS) is 17.3. The third-order valence-electron chi connectivity index (χ3n) is 3.82. The number of halogens is 1. The summed E-state index contributed by atoms with van der Waals surface area (Å²) in [5.41, 5.74) is 8.96. The maximum Gasteiger partial charge on any atom is 0.411 e. The van der Waals surface area contributed by atoms with Gasteiger partial charge in [0.1, 0.15) is 10.8 Å².